The molecule has 0 atom stereocenters. The smallest absolute Gasteiger partial charge is 0.126 e. The molecule has 0 aromatic heterocycles. The van der Waals surface area contributed by atoms with Gasteiger partial charge in [-0.2, -0.15) is 0 Å². The van der Waals surface area contributed by atoms with Crippen LogP contribution >= 0.6 is 0 Å². The van der Waals surface area contributed by atoms with E-state index in [1.54, 1.807) is 0 Å². The highest BCUT2D eigenvalue weighted by atomic mass is 16.5. The second-order valence-corrected chi connectivity index (χ2v) is 4.76. The van der Waals surface area contributed by atoms with E-state index in [1.807, 2.05) is 0 Å². The minimum absolute atomic E-state index is 0.673. The van der Waals surface area contributed by atoms with Crippen LogP contribution in [0.1, 0.15) is 29.5 Å². The van der Waals surface area contributed by atoms with Crippen LogP contribution in [0.5, 0.6) is 11.5 Å². The standard InChI is InChI=1S/C14H19NO2/c15-6-5-12-11-4-2-7-16-13(11)9-10-3-1-8-17-14(10)12/h9H,1-8,15H2. The summed E-state index contributed by atoms with van der Waals surface area (Å²) in [5, 5.41) is 0. The molecule has 0 bridgehead atoms. The highest BCUT2D eigenvalue weighted by Crippen LogP contribution is 2.39. The Morgan fingerprint density at radius 2 is 1.94 bits per heavy atom. The minimum atomic E-state index is 0.673. The zero-order valence-corrected chi connectivity index (χ0v) is 10.1. The highest BCUT2D eigenvalue weighted by molar-refractivity contribution is 5.55. The van der Waals surface area contributed by atoms with Crippen molar-refractivity contribution in [2.45, 2.75) is 32.1 Å². The van der Waals surface area contributed by atoms with Crippen molar-refractivity contribution in [3.8, 4) is 11.5 Å². The van der Waals surface area contributed by atoms with Crippen LogP contribution in [0.25, 0.3) is 0 Å². The van der Waals surface area contributed by atoms with Crippen molar-refractivity contribution >= 4 is 0 Å². The van der Waals surface area contributed by atoms with Crippen molar-refractivity contribution in [3.63, 3.8) is 0 Å². The summed E-state index contributed by atoms with van der Waals surface area (Å²) in [6.45, 7) is 2.35. The highest BCUT2D eigenvalue weighted by Gasteiger charge is 2.23. The lowest BCUT2D eigenvalue weighted by Crippen LogP contribution is -2.18. The van der Waals surface area contributed by atoms with Gasteiger partial charge in [0.25, 0.3) is 0 Å². The Morgan fingerprint density at radius 1 is 1.12 bits per heavy atom. The predicted octanol–water partition coefficient (Wildman–Crippen LogP) is 1.84. The summed E-state index contributed by atoms with van der Waals surface area (Å²) in [4.78, 5) is 0. The molecule has 2 aliphatic heterocycles. The maximum absolute atomic E-state index is 5.86. The van der Waals surface area contributed by atoms with Gasteiger partial charge in [0, 0.05) is 11.1 Å². The van der Waals surface area contributed by atoms with Crippen LogP contribution in [0.2, 0.25) is 0 Å². The average molecular weight is 233 g/mol. The predicted molar refractivity (Wildman–Crippen MR) is 66.8 cm³/mol. The lowest BCUT2D eigenvalue weighted by molar-refractivity contribution is 0.269. The van der Waals surface area contributed by atoms with E-state index < -0.39 is 0 Å². The molecule has 2 aliphatic rings. The Kier molecular flexibility index (Phi) is 2.93. The van der Waals surface area contributed by atoms with Gasteiger partial charge in [-0.3, -0.25) is 0 Å². The molecule has 0 radical (unpaired) electrons. The lowest BCUT2D eigenvalue weighted by Gasteiger charge is -2.27. The number of aryl methyl sites for hydroxylation is 1. The molecule has 2 heterocycles. The third-order valence-electron chi connectivity index (χ3n) is 3.59. The number of ether oxygens (including phenoxy) is 2. The Morgan fingerprint density at radius 3 is 2.82 bits per heavy atom. The van der Waals surface area contributed by atoms with Crippen LogP contribution in [0.4, 0.5) is 0 Å². The molecule has 0 saturated heterocycles. The number of rotatable bonds is 2. The molecule has 0 unspecified atom stereocenters. The maximum Gasteiger partial charge on any atom is 0.126 e. The summed E-state index contributed by atoms with van der Waals surface area (Å²) in [7, 11) is 0. The Bertz CT molecular complexity index is 394. The summed E-state index contributed by atoms with van der Waals surface area (Å²) in [5.74, 6) is 2.18. The molecule has 0 amide bonds. The van der Waals surface area contributed by atoms with Crippen molar-refractivity contribution in [2.75, 3.05) is 19.8 Å². The molecule has 3 heteroatoms. The molecular formula is C14H19NO2. The van der Waals surface area contributed by atoms with E-state index in [1.165, 1.54) is 16.7 Å². The first kappa shape index (κ1) is 10.9. The Balaban J connectivity index is 2.12. The topological polar surface area (TPSA) is 44.5 Å². The van der Waals surface area contributed by atoms with Gasteiger partial charge in [-0.05, 0) is 50.3 Å². The van der Waals surface area contributed by atoms with Crippen molar-refractivity contribution in [2.24, 2.45) is 5.73 Å². The fourth-order valence-corrected chi connectivity index (χ4v) is 2.84. The van der Waals surface area contributed by atoms with Gasteiger partial charge >= 0.3 is 0 Å². The average Bonchev–Trinajstić information content (AvgIpc) is 2.39. The van der Waals surface area contributed by atoms with Crippen LogP contribution in [-0.2, 0) is 19.3 Å². The first-order valence-corrected chi connectivity index (χ1v) is 6.53. The summed E-state index contributed by atoms with van der Waals surface area (Å²) >= 11 is 0. The molecule has 1 aromatic carbocycles. The fraction of sp³-hybridized carbons (Fsp3) is 0.571. The molecule has 17 heavy (non-hydrogen) atoms. The molecule has 2 N–H and O–H groups in total. The number of hydrogen-bond donors (Lipinski definition) is 1. The second-order valence-electron chi connectivity index (χ2n) is 4.76. The number of fused-ring (bicyclic) bond motifs is 2. The number of nitrogens with two attached hydrogens (primary N) is 1. The summed E-state index contributed by atoms with van der Waals surface area (Å²) in [6, 6.07) is 2.18. The lowest BCUT2D eigenvalue weighted by atomic mass is 9.91. The van der Waals surface area contributed by atoms with Gasteiger partial charge in [-0.25, -0.2) is 0 Å². The van der Waals surface area contributed by atoms with Gasteiger partial charge < -0.3 is 15.2 Å². The fourth-order valence-electron chi connectivity index (χ4n) is 2.84. The van der Waals surface area contributed by atoms with Crippen LogP contribution in [0, 0.1) is 0 Å². The first-order valence-electron chi connectivity index (χ1n) is 6.53. The van der Waals surface area contributed by atoms with E-state index >= 15 is 0 Å². The van der Waals surface area contributed by atoms with Gasteiger partial charge in [0.15, 0.2) is 0 Å². The van der Waals surface area contributed by atoms with Crippen LogP contribution in [-0.4, -0.2) is 19.8 Å². The third-order valence-corrected chi connectivity index (χ3v) is 3.59. The molecule has 0 fully saturated rings. The summed E-state index contributed by atoms with van der Waals surface area (Å²) < 4.78 is 11.6. The summed E-state index contributed by atoms with van der Waals surface area (Å²) in [5.41, 5.74) is 9.68. The quantitative estimate of drug-likeness (QED) is 0.847. The molecule has 0 aliphatic carbocycles. The molecule has 0 spiro atoms. The van der Waals surface area contributed by atoms with Gasteiger partial charge in [0.2, 0.25) is 0 Å². The van der Waals surface area contributed by atoms with E-state index in [-0.39, 0.29) is 0 Å². The van der Waals surface area contributed by atoms with Gasteiger partial charge in [0.05, 0.1) is 13.2 Å². The largest absolute Gasteiger partial charge is 0.493 e. The Hall–Kier alpha value is -1.22. The van der Waals surface area contributed by atoms with Gasteiger partial charge in [0.1, 0.15) is 11.5 Å². The molecular weight excluding hydrogens is 214 g/mol. The van der Waals surface area contributed by atoms with E-state index in [4.69, 9.17) is 15.2 Å². The molecule has 92 valence electrons. The normalized spacial score (nSPS) is 17.7. The molecule has 0 saturated carbocycles. The van der Waals surface area contributed by atoms with Crippen molar-refractivity contribution in [1.29, 1.82) is 0 Å². The zero-order valence-electron chi connectivity index (χ0n) is 10.1. The van der Waals surface area contributed by atoms with Gasteiger partial charge in [-0.15, -0.1) is 0 Å². The zero-order chi connectivity index (χ0) is 11.7. The third kappa shape index (κ3) is 1.89. The van der Waals surface area contributed by atoms with E-state index in [2.05, 4.69) is 6.07 Å². The molecule has 1 aromatic rings. The van der Waals surface area contributed by atoms with Crippen LogP contribution < -0.4 is 15.2 Å². The van der Waals surface area contributed by atoms with Crippen molar-refractivity contribution in [3.05, 3.63) is 22.8 Å². The summed E-state index contributed by atoms with van der Waals surface area (Å²) in [6.07, 6.45) is 5.30. The number of hydrogen-bond acceptors (Lipinski definition) is 3. The van der Waals surface area contributed by atoms with Crippen LogP contribution in [0.3, 0.4) is 0 Å². The van der Waals surface area contributed by atoms with Crippen molar-refractivity contribution in [1.82, 2.24) is 0 Å². The number of benzene rings is 1. The molecule has 3 nitrogen and oxygen atoms in total. The van der Waals surface area contributed by atoms with E-state index in [0.717, 1.165) is 56.8 Å². The first-order chi connectivity index (χ1) is 8.40. The molecule has 3 rings (SSSR count). The monoisotopic (exact) mass is 233 g/mol. The SMILES string of the molecule is NCCc1c2c(cc3c1OCCC3)OCCC2. The minimum Gasteiger partial charge on any atom is -0.493 e. The second kappa shape index (κ2) is 4.57. The van der Waals surface area contributed by atoms with Crippen LogP contribution in [0.15, 0.2) is 6.07 Å². The van der Waals surface area contributed by atoms with E-state index in [9.17, 15) is 0 Å². The Labute approximate surface area is 102 Å². The van der Waals surface area contributed by atoms with Crippen molar-refractivity contribution < 1.29 is 9.47 Å². The van der Waals surface area contributed by atoms with E-state index in [0.29, 0.717) is 6.54 Å². The van der Waals surface area contributed by atoms with Gasteiger partial charge in [-0.1, -0.05) is 0 Å². The maximum atomic E-state index is 5.86.